The predicted molar refractivity (Wildman–Crippen MR) is 171 cm³/mol. The Bertz CT molecular complexity index is 1970. The molecule has 2 heterocycles. The van der Waals surface area contributed by atoms with Crippen molar-refractivity contribution >= 4 is 43.6 Å². The topological polar surface area (TPSA) is 165 Å². The molecule has 0 radical (unpaired) electrons. The molecule has 4 rings (SSSR count). The number of hydrogen-bond donors (Lipinski definition) is 2. The number of rotatable bonds is 8. The number of H-pyrrole nitrogens is 1. The Kier molecular flexibility index (Phi) is 8.99. The lowest BCUT2D eigenvalue weighted by molar-refractivity contribution is 0.0747. The lowest BCUT2D eigenvalue weighted by Gasteiger charge is -2.25. The molecule has 3 aromatic rings. The van der Waals surface area contributed by atoms with Crippen molar-refractivity contribution in [2.45, 2.75) is 38.6 Å². The predicted octanol–water partition coefficient (Wildman–Crippen LogP) is 2.63. The number of aromatic nitrogens is 2. The first-order valence-corrected chi connectivity index (χ1v) is 17.4. The summed E-state index contributed by atoms with van der Waals surface area (Å²) in [4.78, 5) is 41.7. The Labute approximate surface area is 256 Å². The lowest BCUT2D eigenvalue weighted by Crippen LogP contribution is -2.38. The van der Waals surface area contributed by atoms with Crippen LogP contribution in [0, 0.1) is 0 Å². The quantitative estimate of drug-likeness (QED) is 0.354. The van der Waals surface area contributed by atoms with Gasteiger partial charge in [-0.05, 0) is 41.7 Å². The van der Waals surface area contributed by atoms with Crippen molar-refractivity contribution in [3.63, 3.8) is 0 Å². The maximum Gasteiger partial charge on any atom is 0.332 e. The van der Waals surface area contributed by atoms with Gasteiger partial charge in [-0.1, -0.05) is 39.0 Å². The Balaban J connectivity index is 1.86. The number of ether oxygens (including phenoxy) is 1. The normalized spacial score (nSPS) is 16.6. The summed E-state index contributed by atoms with van der Waals surface area (Å²) in [5, 5.41) is 0. The van der Waals surface area contributed by atoms with Crippen molar-refractivity contribution in [3.8, 4) is 11.4 Å². The second-order valence-electron chi connectivity index (χ2n) is 11.8. The lowest BCUT2D eigenvalue weighted by atomic mass is 9.84. The van der Waals surface area contributed by atoms with E-state index in [4.69, 9.17) is 4.74 Å². The molecule has 1 fully saturated rings. The van der Waals surface area contributed by atoms with Crippen LogP contribution in [0.2, 0.25) is 0 Å². The molecule has 2 aromatic carbocycles. The minimum absolute atomic E-state index is 0.0116. The van der Waals surface area contributed by atoms with Gasteiger partial charge < -0.3 is 9.64 Å². The van der Waals surface area contributed by atoms with E-state index >= 15 is 0 Å². The minimum atomic E-state index is -3.64. The fraction of sp³-hybridized carbons (Fsp3) is 0.367. The number of aromatic amines is 1. The van der Waals surface area contributed by atoms with Gasteiger partial charge in [0.25, 0.3) is 11.5 Å². The van der Waals surface area contributed by atoms with E-state index in [1.54, 1.807) is 30.4 Å². The van der Waals surface area contributed by atoms with Crippen LogP contribution in [-0.2, 0) is 25.3 Å². The summed E-state index contributed by atoms with van der Waals surface area (Å²) >= 11 is 0. The molecule has 2 N–H and O–H groups in total. The van der Waals surface area contributed by atoms with Gasteiger partial charge in [-0.25, -0.2) is 21.6 Å². The zero-order chi connectivity index (χ0) is 32.6. The van der Waals surface area contributed by atoms with Gasteiger partial charge in [-0.15, -0.1) is 0 Å². The number of benzene rings is 2. The Morgan fingerprint density at radius 1 is 1.11 bits per heavy atom. The van der Waals surface area contributed by atoms with E-state index in [2.05, 4.69) is 9.71 Å². The van der Waals surface area contributed by atoms with E-state index in [-0.39, 0.29) is 22.8 Å². The van der Waals surface area contributed by atoms with E-state index in [0.717, 1.165) is 11.8 Å². The summed E-state index contributed by atoms with van der Waals surface area (Å²) in [5.41, 5.74) is 1.03. The zero-order valence-electron chi connectivity index (χ0n) is 25.4. The van der Waals surface area contributed by atoms with Gasteiger partial charge in [0.15, 0.2) is 9.84 Å². The number of nitrogens with one attached hydrogen (secondary N) is 2. The van der Waals surface area contributed by atoms with E-state index in [0.29, 0.717) is 29.0 Å². The van der Waals surface area contributed by atoms with Crippen molar-refractivity contribution in [2.24, 2.45) is 0 Å². The summed E-state index contributed by atoms with van der Waals surface area (Å²) in [6.07, 6.45) is 6.06. The number of carbonyl (C=O) groups is 1. The van der Waals surface area contributed by atoms with Crippen LogP contribution in [0.4, 0.5) is 5.69 Å². The van der Waals surface area contributed by atoms with Crippen LogP contribution in [0.15, 0.2) is 52.2 Å². The van der Waals surface area contributed by atoms with Crippen LogP contribution in [0.3, 0.4) is 0 Å². The molecule has 12 nitrogen and oxygen atoms in total. The number of anilines is 1. The van der Waals surface area contributed by atoms with Crippen LogP contribution < -0.4 is 20.7 Å². The summed E-state index contributed by atoms with van der Waals surface area (Å²) in [7, 11) is -3.84. The number of sulfone groups is 1. The van der Waals surface area contributed by atoms with Gasteiger partial charge >= 0.3 is 5.69 Å². The van der Waals surface area contributed by atoms with Gasteiger partial charge in [-0.2, -0.15) is 0 Å². The van der Waals surface area contributed by atoms with Crippen LogP contribution in [0.5, 0.6) is 5.75 Å². The highest BCUT2D eigenvalue weighted by molar-refractivity contribution is 7.92. The van der Waals surface area contributed by atoms with E-state index in [1.165, 1.54) is 48.0 Å². The molecule has 0 spiro atoms. The summed E-state index contributed by atoms with van der Waals surface area (Å²) < 4.78 is 57.5. The van der Waals surface area contributed by atoms with Gasteiger partial charge in [0.2, 0.25) is 10.0 Å². The van der Waals surface area contributed by atoms with Crippen molar-refractivity contribution in [2.75, 3.05) is 36.6 Å². The van der Waals surface area contributed by atoms with Crippen LogP contribution in [0.25, 0.3) is 17.8 Å². The average molecular weight is 645 g/mol. The van der Waals surface area contributed by atoms with Crippen LogP contribution >= 0.6 is 0 Å². The second kappa shape index (κ2) is 12.1. The highest BCUT2D eigenvalue weighted by Gasteiger charge is 2.33. The van der Waals surface area contributed by atoms with Gasteiger partial charge in [-0.3, -0.25) is 23.9 Å². The van der Waals surface area contributed by atoms with Gasteiger partial charge in [0.05, 0.1) is 30.6 Å². The average Bonchev–Trinajstić information content (AvgIpc) is 3.29. The molecule has 1 unspecified atom stereocenters. The maximum absolute atomic E-state index is 13.7. The smallest absolute Gasteiger partial charge is 0.332 e. The third kappa shape index (κ3) is 7.48. The van der Waals surface area contributed by atoms with Crippen LogP contribution in [-0.4, -0.2) is 75.2 Å². The molecule has 14 heteroatoms. The molecule has 0 aliphatic carbocycles. The number of amides is 1. The van der Waals surface area contributed by atoms with Gasteiger partial charge in [0.1, 0.15) is 5.75 Å². The molecule has 236 valence electrons. The van der Waals surface area contributed by atoms with Crippen molar-refractivity contribution in [1.29, 1.82) is 0 Å². The fourth-order valence-electron chi connectivity index (χ4n) is 5.08. The maximum atomic E-state index is 13.7. The molecule has 44 heavy (non-hydrogen) atoms. The van der Waals surface area contributed by atoms with Crippen molar-refractivity contribution in [1.82, 2.24) is 14.5 Å². The first kappa shape index (κ1) is 32.7. The monoisotopic (exact) mass is 644 g/mol. The molecule has 1 atom stereocenters. The molecule has 0 bridgehead atoms. The number of hydrogen-bond acceptors (Lipinski definition) is 8. The Morgan fingerprint density at radius 3 is 2.36 bits per heavy atom. The SMILES string of the molecule is COc1c(/C=C/c2ccc(NS(C)(=O)=O)cc2C(=O)N(C)C2CCS(=O)(=O)C2)cc(-n2ccc(=O)[nH]c2=O)cc1C(C)(C)C. The molecule has 1 aliphatic heterocycles. The van der Waals surface area contributed by atoms with E-state index in [1.807, 2.05) is 20.8 Å². The molecular formula is C30H36N4O8S2. The standard InChI is InChI=1S/C30H36N4O8S2/c1-30(2,3)25-17-23(34-13-11-26(35)31-29(34)37)15-20(27(25)42-5)8-7-19-9-10-21(32-43(6,38)39)16-24(19)28(36)33(4)22-12-14-44(40,41)18-22/h7-11,13,15-17,22,32H,12,14,18H2,1-6H3,(H,31,35,37)/b8-7+. The summed E-state index contributed by atoms with van der Waals surface area (Å²) in [6.45, 7) is 5.96. The summed E-state index contributed by atoms with van der Waals surface area (Å²) in [6, 6.07) is 8.76. The first-order chi connectivity index (χ1) is 20.4. The number of carbonyl (C=O) groups excluding carboxylic acids is 1. The Morgan fingerprint density at radius 2 is 1.80 bits per heavy atom. The highest BCUT2D eigenvalue weighted by atomic mass is 32.2. The highest BCUT2D eigenvalue weighted by Crippen LogP contribution is 2.37. The number of sulfonamides is 1. The summed E-state index contributed by atoms with van der Waals surface area (Å²) in [5.74, 6) is -0.0976. The molecule has 1 amide bonds. The third-order valence-corrected chi connectivity index (χ3v) is 9.68. The molecular weight excluding hydrogens is 608 g/mol. The number of nitrogens with zero attached hydrogens (tertiary/aromatic N) is 2. The van der Waals surface area contributed by atoms with Gasteiger partial charge in [0, 0.05) is 47.7 Å². The van der Waals surface area contributed by atoms with Crippen molar-refractivity contribution < 1.29 is 26.4 Å². The molecule has 0 saturated carbocycles. The third-order valence-electron chi connectivity index (χ3n) is 7.32. The molecule has 1 saturated heterocycles. The molecule has 1 aliphatic rings. The van der Waals surface area contributed by atoms with Crippen LogP contribution in [0.1, 0.15) is 54.2 Å². The van der Waals surface area contributed by atoms with E-state index < -0.39 is 48.5 Å². The largest absolute Gasteiger partial charge is 0.496 e. The van der Waals surface area contributed by atoms with E-state index in [9.17, 15) is 31.2 Å². The second-order valence-corrected chi connectivity index (χ2v) is 15.8. The zero-order valence-corrected chi connectivity index (χ0v) is 27.0. The molecule has 1 aromatic heterocycles. The first-order valence-electron chi connectivity index (χ1n) is 13.7. The Hall–Kier alpha value is -4.17. The number of methoxy groups -OCH3 is 1. The fourth-order valence-corrected chi connectivity index (χ4v) is 7.41. The minimum Gasteiger partial charge on any atom is -0.496 e. The van der Waals surface area contributed by atoms with Crippen molar-refractivity contribution in [3.05, 3.63) is 85.7 Å².